The molecule has 0 aliphatic carbocycles. The number of oxazole rings is 1. The molecule has 0 aliphatic rings. The van der Waals surface area contributed by atoms with Gasteiger partial charge in [-0.15, -0.1) is 0 Å². The molecule has 15 heavy (non-hydrogen) atoms. The predicted molar refractivity (Wildman–Crippen MR) is 60.5 cm³/mol. The molecule has 0 amide bonds. The van der Waals surface area contributed by atoms with Crippen molar-refractivity contribution >= 4 is 11.8 Å². The second-order valence-electron chi connectivity index (χ2n) is 4.10. The molecule has 0 fully saturated rings. The molecule has 1 aromatic rings. The van der Waals surface area contributed by atoms with E-state index in [-0.39, 0.29) is 5.41 Å². The molecule has 0 spiro atoms. The predicted octanol–water partition coefficient (Wildman–Crippen LogP) is 3.49. The van der Waals surface area contributed by atoms with E-state index in [2.05, 4.69) is 11.1 Å². The maximum Gasteiger partial charge on any atom is 0.255 e. The Morgan fingerprint density at radius 1 is 1.53 bits per heavy atom. The summed E-state index contributed by atoms with van der Waals surface area (Å²) in [5.41, 5.74) is -0.187. The van der Waals surface area contributed by atoms with Gasteiger partial charge in [-0.25, -0.2) is 4.98 Å². The van der Waals surface area contributed by atoms with Crippen LogP contribution in [0.15, 0.2) is 22.1 Å². The lowest BCUT2D eigenvalue weighted by atomic mass is 9.89. The van der Waals surface area contributed by atoms with Crippen molar-refractivity contribution in [1.82, 2.24) is 4.98 Å². The quantitative estimate of drug-likeness (QED) is 0.548. The summed E-state index contributed by atoms with van der Waals surface area (Å²) in [6.45, 7) is 3.96. The van der Waals surface area contributed by atoms with Crippen LogP contribution in [0.3, 0.4) is 0 Å². The highest BCUT2D eigenvalue weighted by Crippen LogP contribution is 2.23. The Balaban J connectivity index is 2.06. The average Bonchev–Trinajstić information content (AvgIpc) is 2.70. The highest BCUT2D eigenvalue weighted by molar-refractivity contribution is 7.99. The molecule has 0 atom stereocenters. The fourth-order valence-electron chi connectivity index (χ4n) is 1.17. The van der Waals surface area contributed by atoms with E-state index in [1.165, 1.54) is 0 Å². The second-order valence-corrected chi connectivity index (χ2v) is 5.15. The van der Waals surface area contributed by atoms with Crippen LogP contribution in [0.2, 0.25) is 0 Å². The lowest BCUT2D eigenvalue weighted by Gasteiger charge is -2.13. The number of rotatable bonds is 6. The Labute approximate surface area is 94.9 Å². The zero-order chi connectivity index (χ0) is 11.1. The minimum atomic E-state index is -0.187. The topological polar surface area (TPSA) is 49.8 Å². The molecular formula is C11H16N2OS. The zero-order valence-electron chi connectivity index (χ0n) is 9.19. The van der Waals surface area contributed by atoms with Crippen molar-refractivity contribution in [1.29, 1.82) is 5.26 Å². The van der Waals surface area contributed by atoms with E-state index in [0.717, 1.165) is 30.2 Å². The molecule has 1 aromatic heterocycles. The molecule has 0 aromatic carbocycles. The molecule has 0 aliphatic heterocycles. The molecule has 1 heterocycles. The zero-order valence-corrected chi connectivity index (χ0v) is 10.0. The van der Waals surface area contributed by atoms with Gasteiger partial charge in [-0.05, 0) is 26.7 Å². The summed E-state index contributed by atoms with van der Waals surface area (Å²) in [7, 11) is 0. The standard InChI is InChI=1S/C11H16N2OS/c1-11(2,9-12)5-3-4-8-15-10-13-6-7-14-10/h6-7H,3-5,8H2,1-2H3. The lowest BCUT2D eigenvalue weighted by Crippen LogP contribution is -2.07. The van der Waals surface area contributed by atoms with E-state index in [0.29, 0.717) is 0 Å². The van der Waals surface area contributed by atoms with Crippen LogP contribution in [0.5, 0.6) is 0 Å². The highest BCUT2D eigenvalue weighted by Gasteiger charge is 2.15. The molecule has 82 valence electrons. The van der Waals surface area contributed by atoms with Gasteiger partial charge in [-0.2, -0.15) is 5.26 Å². The largest absolute Gasteiger partial charge is 0.440 e. The number of hydrogen-bond donors (Lipinski definition) is 0. The molecule has 0 N–H and O–H groups in total. The summed E-state index contributed by atoms with van der Waals surface area (Å²) >= 11 is 1.62. The Kier molecular flexibility index (Phi) is 4.70. The first-order chi connectivity index (χ1) is 7.14. The van der Waals surface area contributed by atoms with E-state index in [1.807, 2.05) is 13.8 Å². The summed E-state index contributed by atoms with van der Waals surface area (Å²) in [5, 5.41) is 9.55. The monoisotopic (exact) mass is 224 g/mol. The van der Waals surface area contributed by atoms with Gasteiger partial charge in [0, 0.05) is 5.75 Å². The number of nitrogens with zero attached hydrogens (tertiary/aromatic N) is 2. The highest BCUT2D eigenvalue weighted by atomic mass is 32.2. The van der Waals surface area contributed by atoms with Crippen LogP contribution >= 0.6 is 11.8 Å². The molecule has 4 heteroatoms. The van der Waals surface area contributed by atoms with Crippen molar-refractivity contribution in [3.8, 4) is 6.07 Å². The first-order valence-corrected chi connectivity index (χ1v) is 6.06. The van der Waals surface area contributed by atoms with Gasteiger partial charge in [-0.1, -0.05) is 18.2 Å². The van der Waals surface area contributed by atoms with Gasteiger partial charge in [0.25, 0.3) is 5.22 Å². The van der Waals surface area contributed by atoms with Gasteiger partial charge < -0.3 is 4.42 Å². The van der Waals surface area contributed by atoms with Gasteiger partial charge in [0.2, 0.25) is 0 Å². The van der Waals surface area contributed by atoms with Gasteiger partial charge in [0.05, 0.1) is 17.7 Å². The molecule has 3 nitrogen and oxygen atoms in total. The van der Waals surface area contributed by atoms with Gasteiger partial charge in [0.15, 0.2) is 0 Å². The number of hydrogen-bond acceptors (Lipinski definition) is 4. The minimum Gasteiger partial charge on any atom is -0.440 e. The third-order valence-corrected chi connectivity index (χ3v) is 3.08. The van der Waals surface area contributed by atoms with Crippen LogP contribution in [0.1, 0.15) is 33.1 Å². The number of nitriles is 1. The van der Waals surface area contributed by atoms with E-state index >= 15 is 0 Å². The first kappa shape index (κ1) is 12.1. The summed E-state index contributed by atoms with van der Waals surface area (Å²) in [4.78, 5) is 4.02. The fourth-order valence-corrected chi connectivity index (χ4v) is 1.95. The summed E-state index contributed by atoms with van der Waals surface area (Å²) < 4.78 is 5.10. The van der Waals surface area contributed by atoms with E-state index in [1.54, 1.807) is 24.2 Å². The van der Waals surface area contributed by atoms with Crippen LogP contribution in [0, 0.1) is 16.7 Å². The molecular weight excluding hydrogens is 208 g/mol. The van der Waals surface area contributed by atoms with Gasteiger partial charge in [0.1, 0.15) is 6.26 Å². The van der Waals surface area contributed by atoms with E-state index in [9.17, 15) is 0 Å². The van der Waals surface area contributed by atoms with Crippen molar-refractivity contribution in [2.75, 3.05) is 5.75 Å². The Hall–Kier alpha value is -0.950. The third kappa shape index (κ3) is 4.89. The van der Waals surface area contributed by atoms with Crippen LogP contribution in [0.4, 0.5) is 0 Å². The van der Waals surface area contributed by atoms with E-state index < -0.39 is 0 Å². The van der Waals surface area contributed by atoms with Crippen molar-refractivity contribution in [3.05, 3.63) is 12.5 Å². The van der Waals surface area contributed by atoms with Crippen LogP contribution < -0.4 is 0 Å². The van der Waals surface area contributed by atoms with Crippen molar-refractivity contribution in [2.24, 2.45) is 5.41 Å². The van der Waals surface area contributed by atoms with Gasteiger partial charge >= 0.3 is 0 Å². The van der Waals surface area contributed by atoms with Crippen molar-refractivity contribution < 1.29 is 4.42 Å². The minimum absolute atomic E-state index is 0.187. The fraction of sp³-hybridized carbons (Fsp3) is 0.636. The number of unbranched alkanes of at least 4 members (excludes halogenated alkanes) is 1. The number of aromatic nitrogens is 1. The van der Waals surface area contributed by atoms with Crippen LogP contribution in [-0.4, -0.2) is 10.7 Å². The Morgan fingerprint density at radius 2 is 2.33 bits per heavy atom. The molecule has 0 unspecified atom stereocenters. The Morgan fingerprint density at radius 3 is 2.93 bits per heavy atom. The van der Waals surface area contributed by atoms with Crippen LogP contribution in [0.25, 0.3) is 0 Å². The average molecular weight is 224 g/mol. The molecule has 0 bridgehead atoms. The normalized spacial score (nSPS) is 11.3. The summed E-state index contributed by atoms with van der Waals surface area (Å²) in [6, 6.07) is 2.31. The maximum absolute atomic E-state index is 8.82. The smallest absolute Gasteiger partial charge is 0.255 e. The lowest BCUT2D eigenvalue weighted by molar-refractivity contribution is 0.432. The van der Waals surface area contributed by atoms with Crippen molar-refractivity contribution in [2.45, 2.75) is 38.3 Å². The Bertz CT molecular complexity index is 314. The third-order valence-electron chi connectivity index (χ3n) is 2.13. The first-order valence-electron chi connectivity index (χ1n) is 5.07. The van der Waals surface area contributed by atoms with Gasteiger partial charge in [-0.3, -0.25) is 0 Å². The number of thioether (sulfide) groups is 1. The summed E-state index contributed by atoms with van der Waals surface area (Å²) in [5.74, 6) is 1.00. The summed E-state index contributed by atoms with van der Waals surface area (Å²) in [6.07, 6.45) is 6.37. The molecule has 0 saturated carbocycles. The van der Waals surface area contributed by atoms with Crippen molar-refractivity contribution in [3.63, 3.8) is 0 Å². The molecule has 1 rings (SSSR count). The SMILES string of the molecule is CC(C)(C#N)CCCCSc1ncco1. The van der Waals surface area contributed by atoms with E-state index in [4.69, 9.17) is 9.68 Å². The second kappa shape index (κ2) is 5.82. The maximum atomic E-state index is 8.82. The molecule has 0 saturated heterocycles. The van der Waals surface area contributed by atoms with Crippen LogP contribution in [-0.2, 0) is 0 Å². The molecule has 0 radical (unpaired) electrons.